The highest BCUT2D eigenvalue weighted by molar-refractivity contribution is 8.04. The number of nitrogens with two attached hydrogens (primary N) is 1. The van der Waals surface area contributed by atoms with E-state index in [9.17, 15) is 8.42 Å². The molecule has 0 unspecified atom stereocenters. The van der Waals surface area contributed by atoms with Gasteiger partial charge >= 0.3 is 0 Å². The van der Waals surface area contributed by atoms with Crippen molar-refractivity contribution in [3.05, 3.63) is 22.7 Å². The lowest BCUT2D eigenvalue weighted by molar-refractivity contribution is 0.331. The summed E-state index contributed by atoms with van der Waals surface area (Å²) in [7, 11) is -3.12. The number of sulfonamides is 1. The van der Waals surface area contributed by atoms with Crippen LogP contribution in [0.5, 0.6) is 0 Å². The number of hydrogen-bond donors (Lipinski definition) is 2. The van der Waals surface area contributed by atoms with Crippen molar-refractivity contribution < 1.29 is 8.42 Å². The molecule has 1 fully saturated rings. The maximum atomic E-state index is 11.5. The van der Waals surface area contributed by atoms with Crippen molar-refractivity contribution in [1.82, 2.24) is 14.3 Å². The Morgan fingerprint density at radius 3 is 2.44 bits per heavy atom. The summed E-state index contributed by atoms with van der Waals surface area (Å²) in [5.41, 5.74) is 6.70. The Bertz CT molecular complexity index is 773. The quantitative estimate of drug-likeness (QED) is 0.403. The molecule has 0 saturated carbocycles. The Morgan fingerprint density at radius 2 is 2.00 bits per heavy atom. The molecule has 152 valence electrons. The molecule has 10 heteroatoms. The largest absolute Gasteiger partial charge is 0.383 e. The van der Waals surface area contributed by atoms with Gasteiger partial charge in [0.1, 0.15) is 5.82 Å². The van der Waals surface area contributed by atoms with Crippen LogP contribution in [0, 0.1) is 0 Å². The topological polar surface area (TPSA) is 101 Å². The minimum absolute atomic E-state index is 0.118. The number of thioether (sulfide) groups is 1. The first-order valence-electron chi connectivity index (χ1n) is 8.85. The van der Waals surface area contributed by atoms with Gasteiger partial charge in [0.25, 0.3) is 0 Å². The van der Waals surface area contributed by atoms with E-state index in [1.807, 2.05) is 33.1 Å². The summed E-state index contributed by atoms with van der Waals surface area (Å²) in [6, 6.07) is 0.118. The Kier molecular flexibility index (Phi) is 9.65. The van der Waals surface area contributed by atoms with Crippen LogP contribution >= 0.6 is 24.0 Å². The van der Waals surface area contributed by atoms with Gasteiger partial charge in [0.05, 0.1) is 16.7 Å². The maximum absolute atomic E-state index is 11.5. The van der Waals surface area contributed by atoms with E-state index >= 15 is 0 Å². The molecule has 1 aliphatic rings. The number of allylic oxidation sites excluding steroid dienone is 2. The number of nitrogens with zero attached hydrogens (tertiary/aromatic N) is 3. The zero-order chi connectivity index (χ0) is 20.6. The van der Waals surface area contributed by atoms with Crippen molar-refractivity contribution in [2.75, 3.05) is 36.7 Å². The van der Waals surface area contributed by atoms with Crippen molar-refractivity contribution >= 4 is 50.6 Å². The fourth-order valence-electron chi connectivity index (χ4n) is 2.63. The van der Waals surface area contributed by atoms with Crippen LogP contribution in [0.1, 0.15) is 39.2 Å². The first kappa shape index (κ1) is 23.8. The zero-order valence-electron chi connectivity index (χ0n) is 16.5. The van der Waals surface area contributed by atoms with Crippen molar-refractivity contribution in [2.24, 2.45) is 0 Å². The van der Waals surface area contributed by atoms with Crippen LogP contribution in [0.25, 0.3) is 0 Å². The predicted molar refractivity (Wildman–Crippen MR) is 120 cm³/mol. The van der Waals surface area contributed by atoms with Gasteiger partial charge in [-0.3, -0.25) is 0 Å². The normalized spacial score (nSPS) is 16.4. The van der Waals surface area contributed by atoms with Crippen molar-refractivity contribution in [3.63, 3.8) is 0 Å². The second-order valence-electron chi connectivity index (χ2n) is 5.76. The van der Waals surface area contributed by atoms with Crippen LogP contribution in [0.3, 0.4) is 0 Å². The van der Waals surface area contributed by atoms with Gasteiger partial charge < -0.3 is 11.1 Å². The highest BCUT2D eigenvalue weighted by atomic mass is 32.2. The van der Waals surface area contributed by atoms with Crippen LogP contribution in [-0.4, -0.2) is 59.2 Å². The van der Waals surface area contributed by atoms with E-state index in [2.05, 4.69) is 15.3 Å². The molecule has 0 spiro atoms. The molecule has 3 N–H and O–H groups in total. The fraction of sp³-hybridized carbons (Fsp3) is 0.588. The predicted octanol–water partition coefficient (Wildman–Crippen LogP) is 2.91. The molecule has 1 aromatic heterocycles. The average Bonchev–Trinajstić information content (AvgIpc) is 2.64. The third-order valence-electron chi connectivity index (χ3n) is 4.02. The Morgan fingerprint density at radius 1 is 1.41 bits per heavy atom. The third-order valence-corrected chi connectivity index (χ3v) is 6.78. The van der Waals surface area contributed by atoms with Crippen LogP contribution in [-0.2, 0) is 10.0 Å². The van der Waals surface area contributed by atoms with Crippen molar-refractivity contribution in [2.45, 2.75) is 39.7 Å². The van der Waals surface area contributed by atoms with Gasteiger partial charge in [-0.15, -0.1) is 11.8 Å². The smallest absolute Gasteiger partial charge is 0.224 e. The molecular weight excluding hydrogens is 402 g/mol. The SMILES string of the molecule is C/C=C(\SC)C(=S)c1cnc(NC2CCN(S(C)(=O)=O)CC2)nc1N.CC. The van der Waals surface area contributed by atoms with Gasteiger partial charge in [-0.1, -0.05) is 32.1 Å². The molecule has 7 nitrogen and oxygen atoms in total. The summed E-state index contributed by atoms with van der Waals surface area (Å²) in [6.07, 6.45) is 8.17. The van der Waals surface area contributed by atoms with E-state index in [0.29, 0.717) is 48.1 Å². The standard InChI is InChI=1S/C15H23N5O2S3.C2H6/c1-4-12(24-2)13(23)11-9-17-15(19-14(11)16)18-10-5-7-20(8-6-10)25(3,21)22;1-2/h4,9-10H,5-8H2,1-3H3,(H3,16,17,18,19);1-2H3/b12-4-;. The average molecular weight is 432 g/mol. The third kappa shape index (κ3) is 6.70. The first-order valence-corrected chi connectivity index (χ1v) is 12.3. The second kappa shape index (κ2) is 10.9. The fourth-order valence-corrected chi connectivity index (χ4v) is 4.56. The van der Waals surface area contributed by atoms with E-state index in [0.717, 1.165) is 4.91 Å². The van der Waals surface area contributed by atoms with Crippen molar-refractivity contribution in [3.8, 4) is 0 Å². The minimum atomic E-state index is -3.12. The van der Waals surface area contributed by atoms with Gasteiger partial charge in [0.15, 0.2) is 0 Å². The summed E-state index contributed by atoms with van der Waals surface area (Å²) in [5, 5.41) is 3.23. The first-order chi connectivity index (χ1) is 12.8. The van der Waals surface area contributed by atoms with Gasteiger partial charge in [-0.2, -0.15) is 4.98 Å². The van der Waals surface area contributed by atoms with Crippen LogP contribution in [0.15, 0.2) is 17.2 Å². The van der Waals surface area contributed by atoms with Gasteiger partial charge in [0, 0.05) is 30.2 Å². The van der Waals surface area contributed by atoms with E-state index in [-0.39, 0.29) is 6.04 Å². The van der Waals surface area contributed by atoms with E-state index < -0.39 is 10.0 Å². The highest BCUT2D eigenvalue weighted by Gasteiger charge is 2.25. The number of nitrogens with one attached hydrogen (secondary N) is 1. The summed E-state index contributed by atoms with van der Waals surface area (Å²) in [4.78, 5) is 10.2. The van der Waals surface area contributed by atoms with Crippen LogP contribution in [0.4, 0.5) is 11.8 Å². The highest BCUT2D eigenvalue weighted by Crippen LogP contribution is 2.23. The Labute approximate surface area is 172 Å². The summed E-state index contributed by atoms with van der Waals surface area (Å²) in [6.45, 7) is 6.91. The lowest BCUT2D eigenvalue weighted by Gasteiger charge is -2.30. The number of anilines is 2. The summed E-state index contributed by atoms with van der Waals surface area (Å²) < 4.78 is 24.6. The lowest BCUT2D eigenvalue weighted by Crippen LogP contribution is -2.42. The molecule has 1 aromatic rings. The van der Waals surface area contributed by atoms with Gasteiger partial charge in [-0.05, 0) is 26.0 Å². The second-order valence-corrected chi connectivity index (χ2v) is 9.00. The minimum Gasteiger partial charge on any atom is -0.383 e. The molecule has 0 amide bonds. The molecule has 1 aliphatic heterocycles. The van der Waals surface area contributed by atoms with E-state index in [4.69, 9.17) is 18.0 Å². The molecule has 2 heterocycles. The molecular formula is C17H29N5O2S3. The van der Waals surface area contributed by atoms with Crippen molar-refractivity contribution in [1.29, 1.82) is 0 Å². The monoisotopic (exact) mass is 431 g/mol. The Hall–Kier alpha value is -1.23. The van der Waals surface area contributed by atoms with E-state index in [1.165, 1.54) is 10.6 Å². The zero-order valence-corrected chi connectivity index (χ0v) is 19.0. The molecule has 0 atom stereocenters. The number of rotatable bonds is 6. The molecule has 0 aliphatic carbocycles. The number of thiocarbonyl (C=S) groups is 1. The summed E-state index contributed by atoms with van der Waals surface area (Å²) >= 11 is 7.00. The molecule has 0 aromatic carbocycles. The Balaban J connectivity index is 0.00000176. The summed E-state index contributed by atoms with van der Waals surface area (Å²) in [5.74, 6) is 0.775. The lowest BCUT2D eigenvalue weighted by atomic mass is 10.1. The number of nitrogen functional groups attached to an aromatic ring is 1. The van der Waals surface area contributed by atoms with E-state index in [1.54, 1.807) is 18.0 Å². The molecule has 1 saturated heterocycles. The molecule has 0 bridgehead atoms. The number of hydrogen-bond acceptors (Lipinski definition) is 8. The van der Waals surface area contributed by atoms with Gasteiger partial charge in [-0.25, -0.2) is 17.7 Å². The maximum Gasteiger partial charge on any atom is 0.224 e. The van der Waals surface area contributed by atoms with Crippen LogP contribution in [0.2, 0.25) is 0 Å². The number of piperidine rings is 1. The van der Waals surface area contributed by atoms with Gasteiger partial charge in [0.2, 0.25) is 16.0 Å². The molecule has 0 radical (unpaired) electrons. The molecule has 27 heavy (non-hydrogen) atoms. The molecule has 2 rings (SSSR count). The number of aromatic nitrogens is 2. The van der Waals surface area contributed by atoms with Crippen LogP contribution < -0.4 is 11.1 Å².